The summed E-state index contributed by atoms with van der Waals surface area (Å²) in [7, 11) is 2.07. The Kier molecular flexibility index (Phi) is 5.16. The fraction of sp³-hybridized carbons (Fsp3) is 0.667. The summed E-state index contributed by atoms with van der Waals surface area (Å²) >= 11 is 0. The maximum Gasteiger partial charge on any atom is 0.255 e. The number of nitrogens with two attached hydrogens (primary N) is 1. The molecule has 1 aromatic heterocycles. The lowest BCUT2D eigenvalue weighted by Gasteiger charge is -2.33. The Bertz CT molecular complexity index is 542. The summed E-state index contributed by atoms with van der Waals surface area (Å²) in [5.74, 6) is 0.786. The molecule has 1 amide bonds. The number of aromatic nitrogens is 1. The highest BCUT2D eigenvalue weighted by molar-refractivity contribution is 5.99. The molecule has 0 aromatic carbocycles. The van der Waals surface area contributed by atoms with Crippen LogP contribution in [-0.2, 0) is 0 Å². The largest absolute Gasteiger partial charge is 0.356 e. The highest BCUT2D eigenvalue weighted by Gasteiger charge is 2.27. The van der Waals surface area contributed by atoms with Gasteiger partial charge in [0.05, 0.1) is 5.56 Å². The predicted molar refractivity (Wildman–Crippen MR) is 92.6 cm³/mol. The molecule has 2 aliphatic carbocycles. The number of amides is 1. The van der Waals surface area contributed by atoms with Gasteiger partial charge in [0.1, 0.15) is 5.82 Å². The van der Waals surface area contributed by atoms with Gasteiger partial charge in [-0.3, -0.25) is 4.79 Å². The fourth-order valence-electron chi connectivity index (χ4n) is 3.91. The fourth-order valence-corrected chi connectivity index (χ4v) is 3.91. The standard InChI is InChI=1S/C18H28N4O/c1-22(15-6-3-2-4-7-15)17-16(8-5-11-20-17)18(23)21-14-10-9-13(19)12-14/h5,8,11,13-15H,2-4,6-7,9-10,12,19H2,1H3,(H,21,23)/t13-,14-/m1/s1. The average Bonchev–Trinajstić information content (AvgIpc) is 3.00. The molecule has 5 nitrogen and oxygen atoms in total. The van der Waals surface area contributed by atoms with Crippen LogP contribution in [-0.4, -0.2) is 36.1 Å². The first-order valence-electron chi connectivity index (χ1n) is 8.89. The second kappa shape index (κ2) is 7.30. The topological polar surface area (TPSA) is 71.2 Å². The van der Waals surface area contributed by atoms with Gasteiger partial charge in [-0.25, -0.2) is 4.98 Å². The third-order valence-corrected chi connectivity index (χ3v) is 5.30. The minimum Gasteiger partial charge on any atom is -0.356 e. The SMILES string of the molecule is CN(c1ncccc1C(=O)N[C@@H]1CC[C@@H](N)C1)C1CCCCC1. The molecule has 0 saturated heterocycles. The summed E-state index contributed by atoms with van der Waals surface area (Å²) in [5.41, 5.74) is 6.62. The van der Waals surface area contributed by atoms with E-state index in [0.29, 0.717) is 11.6 Å². The third kappa shape index (κ3) is 3.83. The highest BCUT2D eigenvalue weighted by Crippen LogP contribution is 2.27. The number of carbonyl (C=O) groups excluding carboxylic acids is 1. The molecule has 0 spiro atoms. The van der Waals surface area contributed by atoms with Crippen molar-refractivity contribution in [2.75, 3.05) is 11.9 Å². The maximum absolute atomic E-state index is 12.7. The van der Waals surface area contributed by atoms with Gasteiger partial charge in [-0.15, -0.1) is 0 Å². The van der Waals surface area contributed by atoms with E-state index in [0.717, 1.165) is 25.1 Å². The number of hydrogen-bond acceptors (Lipinski definition) is 4. The quantitative estimate of drug-likeness (QED) is 0.895. The van der Waals surface area contributed by atoms with Crippen molar-refractivity contribution in [1.82, 2.24) is 10.3 Å². The molecule has 3 N–H and O–H groups in total. The van der Waals surface area contributed by atoms with Crippen molar-refractivity contribution in [3.63, 3.8) is 0 Å². The Balaban J connectivity index is 1.72. The highest BCUT2D eigenvalue weighted by atomic mass is 16.1. The van der Waals surface area contributed by atoms with Gasteiger partial charge in [-0.2, -0.15) is 0 Å². The van der Waals surface area contributed by atoms with E-state index in [1.165, 1.54) is 32.1 Å². The molecule has 126 valence electrons. The molecule has 5 heteroatoms. The third-order valence-electron chi connectivity index (χ3n) is 5.30. The van der Waals surface area contributed by atoms with Crippen LogP contribution in [0.5, 0.6) is 0 Å². The molecular formula is C18H28N4O. The Morgan fingerprint density at radius 3 is 2.74 bits per heavy atom. The second-order valence-corrected chi connectivity index (χ2v) is 7.02. The van der Waals surface area contributed by atoms with Crippen LogP contribution >= 0.6 is 0 Å². The minimum atomic E-state index is -0.0186. The number of anilines is 1. The van der Waals surface area contributed by atoms with Crippen LogP contribution in [0.15, 0.2) is 18.3 Å². The van der Waals surface area contributed by atoms with E-state index in [9.17, 15) is 4.79 Å². The van der Waals surface area contributed by atoms with Crippen molar-refractivity contribution >= 4 is 11.7 Å². The van der Waals surface area contributed by atoms with Gasteiger partial charge in [-0.1, -0.05) is 19.3 Å². The Morgan fingerprint density at radius 1 is 1.26 bits per heavy atom. The van der Waals surface area contributed by atoms with E-state index in [1.54, 1.807) is 6.20 Å². The van der Waals surface area contributed by atoms with Crippen LogP contribution in [0, 0.1) is 0 Å². The molecule has 2 aliphatic rings. The van der Waals surface area contributed by atoms with Gasteiger partial charge in [0.25, 0.3) is 5.91 Å². The zero-order chi connectivity index (χ0) is 16.2. The molecule has 0 bridgehead atoms. The average molecular weight is 316 g/mol. The number of pyridine rings is 1. The summed E-state index contributed by atoms with van der Waals surface area (Å²) in [4.78, 5) is 19.4. The first kappa shape index (κ1) is 16.2. The number of hydrogen-bond donors (Lipinski definition) is 2. The molecule has 1 aromatic rings. The first-order chi connectivity index (χ1) is 11.1. The van der Waals surface area contributed by atoms with E-state index < -0.39 is 0 Å². The molecule has 3 rings (SSSR count). The van der Waals surface area contributed by atoms with Crippen molar-refractivity contribution < 1.29 is 4.79 Å². The lowest BCUT2D eigenvalue weighted by atomic mass is 9.94. The van der Waals surface area contributed by atoms with Gasteiger partial charge in [0, 0.05) is 31.4 Å². The van der Waals surface area contributed by atoms with Crippen molar-refractivity contribution in [2.24, 2.45) is 5.73 Å². The normalized spacial score (nSPS) is 25.3. The van der Waals surface area contributed by atoms with Crippen LogP contribution in [0.3, 0.4) is 0 Å². The van der Waals surface area contributed by atoms with Crippen molar-refractivity contribution in [2.45, 2.75) is 69.5 Å². The summed E-state index contributed by atoms with van der Waals surface area (Å²) in [6.45, 7) is 0. The van der Waals surface area contributed by atoms with Gasteiger partial charge >= 0.3 is 0 Å². The smallest absolute Gasteiger partial charge is 0.255 e. The zero-order valence-corrected chi connectivity index (χ0v) is 14.0. The molecule has 0 aliphatic heterocycles. The summed E-state index contributed by atoms with van der Waals surface area (Å²) in [6, 6.07) is 4.63. The van der Waals surface area contributed by atoms with E-state index >= 15 is 0 Å². The van der Waals surface area contributed by atoms with Crippen LogP contribution in [0.4, 0.5) is 5.82 Å². The summed E-state index contributed by atoms with van der Waals surface area (Å²) < 4.78 is 0. The van der Waals surface area contributed by atoms with E-state index in [2.05, 4.69) is 22.2 Å². The molecule has 23 heavy (non-hydrogen) atoms. The molecular weight excluding hydrogens is 288 g/mol. The van der Waals surface area contributed by atoms with E-state index in [-0.39, 0.29) is 18.0 Å². The lowest BCUT2D eigenvalue weighted by molar-refractivity contribution is 0.0938. The summed E-state index contributed by atoms with van der Waals surface area (Å²) in [5, 5.41) is 3.14. The number of rotatable bonds is 4. The Morgan fingerprint density at radius 2 is 2.04 bits per heavy atom. The zero-order valence-electron chi connectivity index (χ0n) is 14.0. The molecule has 0 radical (unpaired) electrons. The molecule has 0 unspecified atom stereocenters. The number of carbonyl (C=O) groups is 1. The van der Waals surface area contributed by atoms with E-state index in [1.807, 2.05) is 12.1 Å². The predicted octanol–water partition coefficient (Wildman–Crippen LogP) is 2.46. The minimum absolute atomic E-state index is 0.0186. The molecule has 2 fully saturated rings. The van der Waals surface area contributed by atoms with Crippen molar-refractivity contribution in [3.8, 4) is 0 Å². The van der Waals surface area contributed by atoms with Gasteiger partial charge < -0.3 is 16.0 Å². The number of nitrogens with zero attached hydrogens (tertiary/aromatic N) is 2. The molecule has 2 saturated carbocycles. The van der Waals surface area contributed by atoms with Gasteiger partial charge in [-0.05, 0) is 44.2 Å². The maximum atomic E-state index is 12.7. The lowest BCUT2D eigenvalue weighted by Crippen LogP contribution is -2.38. The van der Waals surface area contributed by atoms with Gasteiger partial charge in [0.2, 0.25) is 0 Å². The summed E-state index contributed by atoms with van der Waals surface area (Å²) in [6.07, 6.45) is 10.8. The monoisotopic (exact) mass is 316 g/mol. The Hall–Kier alpha value is -1.62. The van der Waals surface area contributed by atoms with Gasteiger partial charge in [0.15, 0.2) is 0 Å². The second-order valence-electron chi connectivity index (χ2n) is 7.02. The van der Waals surface area contributed by atoms with E-state index in [4.69, 9.17) is 5.73 Å². The number of nitrogens with one attached hydrogen (secondary N) is 1. The first-order valence-corrected chi connectivity index (χ1v) is 8.89. The molecule has 2 atom stereocenters. The van der Waals surface area contributed by atoms with Crippen LogP contribution in [0.2, 0.25) is 0 Å². The molecule has 1 heterocycles. The van der Waals surface area contributed by atoms with Crippen LogP contribution in [0.1, 0.15) is 61.7 Å². The van der Waals surface area contributed by atoms with Crippen molar-refractivity contribution in [1.29, 1.82) is 0 Å². The van der Waals surface area contributed by atoms with Crippen LogP contribution in [0.25, 0.3) is 0 Å². The van der Waals surface area contributed by atoms with Crippen molar-refractivity contribution in [3.05, 3.63) is 23.9 Å². The van der Waals surface area contributed by atoms with Crippen LogP contribution < -0.4 is 16.0 Å². The Labute approximate surface area is 138 Å².